The van der Waals surface area contributed by atoms with Crippen LogP contribution in [0.2, 0.25) is 0 Å². The minimum absolute atomic E-state index is 0.00322. The number of fused-ring (bicyclic) bond motifs is 1. The largest absolute Gasteiger partial charge is 0.497 e. The molecule has 1 atom stereocenters. The number of carboxylic acid groups (broad SMARTS) is 1. The number of aliphatic carboxylic acids is 1. The number of pyridine rings is 1. The molecular weight excluding hydrogens is 368 g/mol. The number of methoxy groups -OCH3 is 1. The molecule has 0 radical (unpaired) electrons. The SMILES string of the molecule is COc1ccc(C[C@H](NS(=O)(=O)c2cccc3cccnc23)C(=O)O)cc1. The molecule has 27 heavy (non-hydrogen) atoms. The Morgan fingerprint density at radius 1 is 1.15 bits per heavy atom. The predicted octanol–water partition coefficient (Wildman–Crippen LogP) is 2.22. The Morgan fingerprint density at radius 3 is 2.52 bits per heavy atom. The van der Waals surface area contributed by atoms with E-state index in [9.17, 15) is 18.3 Å². The van der Waals surface area contributed by atoms with Gasteiger partial charge in [-0.2, -0.15) is 4.72 Å². The van der Waals surface area contributed by atoms with Crippen molar-refractivity contribution in [1.29, 1.82) is 0 Å². The van der Waals surface area contributed by atoms with E-state index >= 15 is 0 Å². The lowest BCUT2D eigenvalue weighted by atomic mass is 10.1. The van der Waals surface area contributed by atoms with E-state index in [2.05, 4.69) is 9.71 Å². The van der Waals surface area contributed by atoms with E-state index < -0.39 is 22.0 Å². The molecule has 0 saturated heterocycles. The number of hydrogen-bond donors (Lipinski definition) is 2. The zero-order valence-electron chi connectivity index (χ0n) is 14.5. The molecular formula is C19H18N2O5S. The van der Waals surface area contributed by atoms with Crippen LogP contribution in [0.4, 0.5) is 0 Å². The summed E-state index contributed by atoms with van der Waals surface area (Å²) in [4.78, 5) is 15.7. The van der Waals surface area contributed by atoms with Gasteiger partial charge < -0.3 is 9.84 Å². The molecule has 3 aromatic rings. The molecule has 2 N–H and O–H groups in total. The van der Waals surface area contributed by atoms with Gasteiger partial charge in [0.25, 0.3) is 0 Å². The maximum atomic E-state index is 12.8. The summed E-state index contributed by atoms with van der Waals surface area (Å²) < 4.78 is 33.0. The van der Waals surface area contributed by atoms with Crippen molar-refractivity contribution < 1.29 is 23.1 Å². The van der Waals surface area contributed by atoms with E-state index in [1.807, 2.05) is 0 Å². The van der Waals surface area contributed by atoms with Crippen molar-refractivity contribution in [1.82, 2.24) is 9.71 Å². The number of carboxylic acids is 1. The molecule has 1 aromatic heterocycles. The van der Waals surface area contributed by atoms with Crippen LogP contribution in [0.3, 0.4) is 0 Å². The molecule has 0 fully saturated rings. The van der Waals surface area contributed by atoms with Crippen LogP contribution < -0.4 is 9.46 Å². The number of aromatic nitrogens is 1. The summed E-state index contributed by atoms with van der Waals surface area (Å²) in [5.41, 5.74) is 0.961. The third-order valence-corrected chi connectivity index (χ3v) is 5.58. The average Bonchev–Trinajstić information content (AvgIpc) is 2.67. The molecule has 0 aliphatic carbocycles. The second-order valence-corrected chi connectivity index (χ2v) is 7.58. The number of sulfonamides is 1. The monoisotopic (exact) mass is 386 g/mol. The predicted molar refractivity (Wildman–Crippen MR) is 100 cm³/mol. The summed E-state index contributed by atoms with van der Waals surface area (Å²) in [6, 6.07) is 13.7. The third-order valence-electron chi connectivity index (χ3n) is 4.08. The topological polar surface area (TPSA) is 106 Å². The van der Waals surface area contributed by atoms with Crippen LogP contribution in [0.25, 0.3) is 10.9 Å². The molecule has 0 amide bonds. The van der Waals surface area contributed by atoms with Gasteiger partial charge in [-0.25, -0.2) is 8.42 Å². The van der Waals surface area contributed by atoms with Crippen LogP contribution in [0.5, 0.6) is 5.75 Å². The number of carbonyl (C=O) groups is 1. The Hall–Kier alpha value is -2.97. The summed E-state index contributed by atoms with van der Waals surface area (Å²) in [6.07, 6.45) is 1.49. The molecule has 0 aliphatic heterocycles. The molecule has 8 heteroatoms. The quantitative estimate of drug-likeness (QED) is 0.645. The van der Waals surface area contributed by atoms with Gasteiger partial charge in [-0.05, 0) is 36.2 Å². The van der Waals surface area contributed by atoms with Crippen LogP contribution in [-0.2, 0) is 21.2 Å². The number of nitrogens with zero attached hydrogens (tertiary/aromatic N) is 1. The minimum atomic E-state index is -4.08. The Balaban J connectivity index is 1.89. The Morgan fingerprint density at radius 2 is 1.85 bits per heavy atom. The van der Waals surface area contributed by atoms with Crippen LogP contribution in [0.15, 0.2) is 65.7 Å². The smallest absolute Gasteiger partial charge is 0.322 e. The zero-order valence-corrected chi connectivity index (χ0v) is 15.3. The number of rotatable bonds is 7. The van der Waals surface area contributed by atoms with Crippen LogP contribution in [0, 0.1) is 0 Å². The highest BCUT2D eigenvalue weighted by atomic mass is 32.2. The first-order valence-corrected chi connectivity index (χ1v) is 9.61. The van der Waals surface area contributed by atoms with E-state index in [4.69, 9.17) is 4.74 Å². The molecule has 0 saturated carbocycles. The maximum Gasteiger partial charge on any atom is 0.322 e. The van der Waals surface area contributed by atoms with Crippen molar-refractivity contribution in [2.24, 2.45) is 0 Å². The fourth-order valence-corrected chi connectivity index (χ4v) is 4.09. The summed E-state index contributed by atoms with van der Waals surface area (Å²) in [6.45, 7) is 0. The van der Waals surface area contributed by atoms with E-state index in [0.717, 1.165) is 0 Å². The molecule has 0 bridgehead atoms. The molecule has 3 rings (SSSR count). The van der Waals surface area contributed by atoms with Crippen molar-refractivity contribution in [2.45, 2.75) is 17.4 Å². The average molecular weight is 386 g/mol. The molecule has 0 spiro atoms. The molecule has 7 nitrogen and oxygen atoms in total. The highest BCUT2D eigenvalue weighted by Gasteiger charge is 2.27. The number of hydrogen-bond acceptors (Lipinski definition) is 5. The molecule has 1 heterocycles. The van der Waals surface area contributed by atoms with E-state index in [1.54, 1.807) is 48.5 Å². The highest BCUT2D eigenvalue weighted by molar-refractivity contribution is 7.89. The lowest BCUT2D eigenvalue weighted by molar-refractivity contribution is -0.138. The standard InChI is InChI=1S/C19H18N2O5S/c1-26-15-9-7-13(8-10-15)12-16(19(22)23)21-27(24,25)17-6-2-4-14-5-3-11-20-18(14)17/h2-11,16,21H,12H2,1H3,(H,22,23)/t16-/m0/s1. The zero-order chi connectivity index (χ0) is 19.4. The highest BCUT2D eigenvalue weighted by Crippen LogP contribution is 2.21. The molecule has 2 aromatic carbocycles. The van der Waals surface area contributed by atoms with E-state index in [1.165, 1.54) is 19.4 Å². The Kier molecular flexibility index (Phi) is 5.38. The van der Waals surface area contributed by atoms with Crippen molar-refractivity contribution in [3.63, 3.8) is 0 Å². The molecule has 140 valence electrons. The Labute approximate surface area is 156 Å². The third kappa shape index (κ3) is 4.24. The van der Waals surface area contributed by atoms with Crippen LogP contribution in [-0.4, -0.2) is 37.6 Å². The van der Waals surface area contributed by atoms with Crippen molar-refractivity contribution >= 4 is 26.9 Å². The first-order chi connectivity index (χ1) is 12.9. The lowest BCUT2D eigenvalue weighted by Gasteiger charge is -2.16. The summed E-state index contributed by atoms with van der Waals surface area (Å²) in [5, 5.41) is 10.1. The number of ether oxygens (including phenoxy) is 1. The number of nitrogens with one attached hydrogen (secondary N) is 1. The first-order valence-electron chi connectivity index (χ1n) is 8.12. The first kappa shape index (κ1) is 18.8. The van der Waals surface area contributed by atoms with Gasteiger partial charge in [0.15, 0.2) is 0 Å². The second-order valence-electron chi connectivity index (χ2n) is 5.90. The summed E-state index contributed by atoms with van der Waals surface area (Å²) in [5.74, 6) is -0.629. The second kappa shape index (κ2) is 7.73. The van der Waals surface area contributed by atoms with Gasteiger partial charge in [-0.1, -0.05) is 30.3 Å². The van der Waals surface area contributed by atoms with Crippen LogP contribution >= 0.6 is 0 Å². The maximum absolute atomic E-state index is 12.8. The van der Waals surface area contributed by atoms with Gasteiger partial charge in [0.05, 0.1) is 12.6 Å². The van der Waals surface area contributed by atoms with Gasteiger partial charge in [-0.15, -0.1) is 0 Å². The van der Waals surface area contributed by atoms with Crippen molar-refractivity contribution in [3.8, 4) is 5.75 Å². The fraction of sp³-hybridized carbons (Fsp3) is 0.158. The normalized spacial score (nSPS) is 12.6. The lowest BCUT2D eigenvalue weighted by Crippen LogP contribution is -2.42. The number of benzene rings is 2. The van der Waals surface area contributed by atoms with Crippen LogP contribution in [0.1, 0.15) is 5.56 Å². The van der Waals surface area contributed by atoms with E-state index in [0.29, 0.717) is 22.2 Å². The van der Waals surface area contributed by atoms with Gasteiger partial charge in [0.1, 0.15) is 16.7 Å². The van der Waals surface area contributed by atoms with Crippen molar-refractivity contribution in [3.05, 3.63) is 66.4 Å². The van der Waals surface area contributed by atoms with Gasteiger partial charge in [0.2, 0.25) is 10.0 Å². The minimum Gasteiger partial charge on any atom is -0.497 e. The van der Waals surface area contributed by atoms with Crippen molar-refractivity contribution in [2.75, 3.05) is 7.11 Å². The van der Waals surface area contributed by atoms with Gasteiger partial charge >= 0.3 is 5.97 Å². The summed E-state index contributed by atoms with van der Waals surface area (Å²) in [7, 11) is -2.55. The van der Waals surface area contributed by atoms with E-state index in [-0.39, 0.29) is 11.3 Å². The Bertz CT molecular complexity index is 1060. The van der Waals surface area contributed by atoms with Gasteiger partial charge in [0, 0.05) is 11.6 Å². The molecule has 0 aliphatic rings. The number of para-hydroxylation sites is 1. The van der Waals surface area contributed by atoms with Gasteiger partial charge in [-0.3, -0.25) is 9.78 Å². The fourth-order valence-electron chi connectivity index (χ4n) is 2.72. The summed E-state index contributed by atoms with van der Waals surface area (Å²) >= 11 is 0. The molecule has 0 unspecified atom stereocenters.